The monoisotopic (exact) mass is 331 g/mol. The average molecular weight is 332 g/mol. The van der Waals surface area contributed by atoms with Crippen molar-refractivity contribution in [1.82, 2.24) is 10.6 Å². The Morgan fingerprint density at radius 2 is 2.27 bits per heavy atom. The minimum Gasteiger partial charge on any atom is -0.497 e. The number of benzene rings is 1. The molecule has 0 spiro atoms. The van der Waals surface area contributed by atoms with E-state index in [1.807, 2.05) is 0 Å². The van der Waals surface area contributed by atoms with E-state index >= 15 is 0 Å². The fourth-order valence-electron chi connectivity index (χ4n) is 2.23. The molecule has 1 heterocycles. The topological polar surface area (TPSA) is 114 Å². The summed E-state index contributed by atoms with van der Waals surface area (Å²) in [5, 5.41) is 26.3. The number of halogens is 1. The van der Waals surface area contributed by atoms with E-state index in [1.165, 1.54) is 25.3 Å². The predicted octanol–water partition coefficient (Wildman–Crippen LogP) is 0.335. The summed E-state index contributed by atoms with van der Waals surface area (Å²) in [6.45, 7) is 1.34. The van der Waals surface area contributed by atoms with Gasteiger partial charge in [-0.3, -0.25) is 14.9 Å². The molecule has 8 nitrogen and oxygen atoms in total. The minimum atomic E-state index is -0.611. The number of hydrogen-bond donors (Lipinski definition) is 3. The number of nitrogens with zero attached hydrogens (tertiary/aromatic N) is 1. The van der Waals surface area contributed by atoms with Gasteiger partial charge in [0.1, 0.15) is 11.3 Å². The molecule has 9 heteroatoms. The van der Waals surface area contributed by atoms with Crippen molar-refractivity contribution in [3.8, 4) is 5.75 Å². The van der Waals surface area contributed by atoms with Gasteiger partial charge in [-0.25, -0.2) is 0 Å². The van der Waals surface area contributed by atoms with Crippen LogP contribution in [-0.4, -0.2) is 48.8 Å². The van der Waals surface area contributed by atoms with Crippen LogP contribution in [0.5, 0.6) is 5.75 Å². The van der Waals surface area contributed by atoms with Gasteiger partial charge >= 0.3 is 0 Å². The molecule has 2 rings (SSSR count). The van der Waals surface area contributed by atoms with Gasteiger partial charge in [0.25, 0.3) is 11.6 Å². The van der Waals surface area contributed by atoms with Gasteiger partial charge in [-0.2, -0.15) is 0 Å². The van der Waals surface area contributed by atoms with Crippen LogP contribution < -0.4 is 15.4 Å². The summed E-state index contributed by atoms with van der Waals surface area (Å²) >= 11 is 0. The van der Waals surface area contributed by atoms with Crippen LogP contribution in [0.3, 0.4) is 0 Å². The number of β-amino-alcohol motifs (C(OH)–C–C–N with tert-alkyl or cyclic N) is 1. The van der Waals surface area contributed by atoms with Crippen molar-refractivity contribution in [3.05, 3.63) is 33.9 Å². The van der Waals surface area contributed by atoms with Crippen molar-refractivity contribution in [2.24, 2.45) is 5.92 Å². The molecule has 1 fully saturated rings. The summed E-state index contributed by atoms with van der Waals surface area (Å²) in [5.41, 5.74) is -0.335. The lowest BCUT2D eigenvalue weighted by Crippen LogP contribution is -2.34. The first-order valence-electron chi connectivity index (χ1n) is 6.52. The van der Waals surface area contributed by atoms with E-state index in [0.717, 1.165) is 0 Å². The predicted molar refractivity (Wildman–Crippen MR) is 81.6 cm³/mol. The molecule has 2 atom stereocenters. The van der Waals surface area contributed by atoms with Gasteiger partial charge in [0.15, 0.2) is 0 Å². The fourth-order valence-corrected chi connectivity index (χ4v) is 2.23. The zero-order valence-corrected chi connectivity index (χ0v) is 12.8. The van der Waals surface area contributed by atoms with E-state index < -0.39 is 16.9 Å². The third-order valence-electron chi connectivity index (χ3n) is 3.47. The fraction of sp³-hybridized carbons (Fsp3) is 0.462. The number of rotatable bonds is 5. The summed E-state index contributed by atoms with van der Waals surface area (Å²) in [6.07, 6.45) is -0.523. The highest BCUT2D eigenvalue weighted by Gasteiger charge is 2.27. The van der Waals surface area contributed by atoms with E-state index in [0.29, 0.717) is 18.8 Å². The van der Waals surface area contributed by atoms with Crippen molar-refractivity contribution >= 4 is 24.0 Å². The molecular formula is C13H18ClN3O5. The second kappa shape index (κ2) is 7.92. The van der Waals surface area contributed by atoms with Crippen molar-refractivity contribution in [2.75, 3.05) is 26.7 Å². The smallest absolute Gasteiger partial charge is 0.282 e. The van der Waals surface area contributed by atoms with E-state index in [4.69, 9.17) is 4.74 Å². The van der Waals surface area contributed by atoms with Crippen molar-refractivity contribution in [1.29, 1.82) is 0 Å². The maximum Gasteiger partial charge on any atom is 0.282 e. The van der Waals surface area contributed by atoms with Gasteiger partial charge in [-0.15, -0.1) is 12.4 Å². The molecule has 1 amide bonds. The number of nitro groups is 1. The van der Waals surface area contributed by atoms with Crippen LogP contribution in [0.4, 0.5) is 5.69 Å². The number of carbonyl (C=O) groups is 1. The Hall–Kier alpha value is -1.90. The summed E-state index contributed by atoms with van der Waals surface area (Å²) in [5.74, 6) is -0.286. The molecule has 0 aliphatic carbocycles. The van der Waals surface area contributed by atoms with Crippen molar-refractivity contribution < 1.29 is 19.6 Å². The normalized spacial score (nSPS) is 20.1. The Kier molecular flexibility index (Phi) is 6.54. The van der Waals surface area contributed by atoms with Gasteiger partial charge < -0.3 is 20.5 Å². The van der Waals surface area contributed by atoms with E-state index in [9.17, 15) is 20.0 Å². The third-order valence-corrected chi connectivity index (χ3v) is 3.47. The molecule has 0 aromatic heterocycles. The molecule has 22 heavy (non-hydrogen) atoms. The average Bonchev–Trinajstić information content (AvgIpc) is 2.89. The molecule has 122 valence electrons. The molecule has 1 aliphatic rings. The maximum absolute atomic E-state index is 12.1. The lowest BCUT2D eigenvalue weighted by atomic mass is 10.1. The van der Waals surface area contributed by atoms with Crippen LogP contribution in [0.2, 0.25) is 0 Å². The molecule has 0 saturated carbocycles. The van der Waals surface area contributed by atoms with Gasteiger partial charge in [-0.1, -0.05) is 0 Å². The highest BCUT2D eigenvalue weighted by atomic mass is 35.5. The number of carbonyl (C=O) groups excluding carboxylic acids is 1. The van der Waals surface area contributed by atoms with Crippen molar-refractivity contribution in [3.63, 3.8) is 0 Å². The maximum atomic E-state index is 12.1. The minimum absolute atomic E-state index is 0. The molecule has 0 bridgehead atoms. The van der Waals surface area contributed by atoms with Crippen LogP contribution in [0, 0.1) is 16.0 Å². The Bertz CT molecular complexity index is 554. The molecule has 1 aromatic carbocycles. The quantitative estimate of drug-likeness (QED) is 0.529. The first-order valence-corrected chi connectivity index (χ1v) is 6.52. The lowest BCUT2D eigenvalue weighted by Gasteiger charge is -2.14. The molecule has 0 radical (unpaired) electrons. The number of methoxy groups -OCH3 is 1. The van der Waals surface area contributed by atoms with E-state index in [2.05, 4.69) is 10.6 Å². The van der Waals surface area contributed by atoms with E-state index in [-0.39, 0.29) is 36.1 Å². The second-order valence-electron chi connectivity index (χ2n) is 4.84. The SMILES string of the molecule is COc1ccc([N+](=O)[O-])c(C(=O)NCC2CNCC2O)c1.Cl. The largest absolute Gasteiger partial charge is 0.497 e. The molecular weight excluding hydrogens is 314 g/mol. The molecule has 2 unspecified atom stereocenters. The Morgan fingerprint density at radius 3 is 2.82 bits per heavy atom. The molecule has 1 saturated heterocycles. The lowest BCUT2D eigenvalue weighted by molar-refractivity contribution is -0.385. The summed E-state index contributed by atoms with van der Waals surface area (Å²) in [7, 11) is 1.42. The number of hydrogen-bond acceptors (Lipinski definition) is 6. The Balaban J connectivity index is 0.00000242. The molecule has 3 N–H and O–H groups in total. The number of nitrogens with one attached hydrogen (secondary N) is 2. The van der Waals surface area contributed by atoms with Crippen LogP contribution in [0.1, 0.15) is 10.4 Å². The molecule has 1 aliphatic heterocycles. The number of aliphatic hydroxyl groups excluding tert-OH is 1. The zero-order chi connectivity index (χ0) is 15.4. The van der Waals surface area contributed by atoms with Crippen LogP contribution >= 0.6 is 12.4 Å². The summed E-state index contributed by atoms with van der Waals surface area (Å²) in [6, 6.07) is 4.00. The van der Waals surface area contributed by atoms with Gasteiger partial charge in [-0.05, 0) is 12.1 Å². The standard InChI is InChI=1S/C13H17N3O5.ClH/c1-21-9-2-3-11(16(19)20)10(4-9)13(18)15-6-8-5-14-7-12(8)17;/h2-4,8,12,14,17H,5-7H2,1H3,(H,15,18);1H. The van der Waals surface area contributed by atoms with Crippen molar-refractivity contribution in [2.45, 2.75) is 6.10 Å². The second-order valence-corrected chi connectivity index (χ2v) is 4.84. The number of nitro benzene ring substituents is 1. The Morgan fingerprint density at radius 1 is 1.55 bits per heavy atom. The Labute approximate surface area is 133 Å². The number of aliphatic hydroxyl groups is 1. The highest BCUT2D eigenvalue weighted by Crippen LogP contribution is 2.24. The van der Waals surface area contributed by atoms with Crippen LogP contribution in [-0.2, 0) is 0 Å². The van der Waals surface area contributed by atoms with E-state index in [1.54, 1.807) is 0 Å². The van der Waals surface area contributed by atoms with Crippen LogP contribution in [0.25, 0.3) is 0 Å². The first kappa shape index (κ1) is 18.1. The van der Waals surface area contributed by atoms with Gasteiger partial charge in [0, 0.05) is 31.6 Å². The number of ether oxygens (including phenoxy) is 1. The van der Waals surface area contributed by atoms with Crippen LogP contribution in [0.15, 0.2) is 18.2 Å². The first-order chi connectivity index (χ1) is 10.0. The highest BCUT2D eigenvalue weighted by molar-refractivity contribution is 5.98. The molecule has 1 aromatic rings. The van der Waals surface area contributed by atoms with Gasteiger partial charge in [0.2, 0.25) is 0 Å². The van der Waals surface area contributed by atoms with Gasteiger partial charge in [0.05, 0.1) is 18.1 Å². The third kappa shape index (κ3) is 4.06. The number of amides is 1. The summed E-state index contributed by atoms with van der Waals surface area (Å²) < 4.78 is 4.98. The summed E-state index contributed by atoms with van der Waals surface area (Å²) in [4.78, 5) is 22.5. The zero-order valence-electron chi connectivity index (χ0n) is 11.9.